The second kappa shape index (κ2) is 8.67. The summed E-state index contributed by atoms with van der Waals surface area (Å²) in [6, 6.07) is 13.5. The third-order valence-electron chi connectivity index (χ3n) is 3.71. The van der Waals surface area contributed by atoms with Gasteiger partial charge in [0.25, 0.3) is 5.91 Å². The van der Waals surface area contributed by atoms with Crippen LogP contribution < -0.4 is 15.4 Å². The summed E-state index contributed by atoms with van der Waals surface area (Å²) in [4.78, 5) is 25.1. The number of halogens is 1. The lowest BCUT2D eigenvalue weighted by molar-refractivity contribution is -0.118. The molecule has 0 spiro atoms. The van der Waals surface area contributed by atoms with Gasteiger partial charge in [-0.1, -0.05) is 26.0 Å². The minimum absolute atomic E-state index is 0.0651. The molecule has 2 aromatic rings. The van der Waals surface area contributed by atoms with E-state index in [2.05, 4.69) is 26.6 Å². The van der Waals surface area contributed by atoms with Crippen molar-refractivity contribution in [3.8, 4) is 5.75 Å². The largest absolute Gasteiger partial charge is 0.497 e. The molecule has 25 heavy (non-hydrogen) atoms. The van der Waals surface area contributed by atoms with E-state index in [1.54, 1.807) is 49.6 Å². The lowest BCUT2D eigenvalue weighted by Gasteiger charge is -2.22. The van der Waals surface area contributed by atoms with E-state index in [4.69, 9.17) is 4.74 Å². The molecule has 0 bridgehead atoms. The fourth-order valence-electron chi connectivity index (χ4n) is 2.29. The van der Waals surface area contributed by atoms with Crippen molar-refractivity contribution < 1.29 is 14.3 Å². The smallest absolute Gasteiger partial charge is 0.253 e. The molecule has 0 saturated carbocycles. The van der Waals surface area contributed by atoms with E-state index in [0.717, 1.165) is 0 Å². The molecule has 0 aliphatic heterocycles. The van der Waals surface area contributed by atoms with Gasteiger partial charge in [-0.05, 0) is 58.2 Å². The zero-order valence-electron chi connectivity index (χ0n) is 14.4. The maximum absolute atomic E-state index is 12.6. The standard InChI is InChI=1S/C19H21BrN2O3/c1-12(2)17(22-18(23)15-6-4-5-7-16(15)20)19(24)21-13-8-10-14(25-3)11-9-13/h4-12,17H,1-3H3,(H,21,24)(H,22,23). The van der Waals surface area contributed by atoms with Crippen molar-refractivity contribution in [3.63, 3.8) is 0 Å². The predicted molar refractivity (Wildman–Crippen MR) is 102 cm³/mol. The molecule has 0 aromatic heterocycles. The molecule has 132 valence electrons. The SMILES string of the molecule is COc1ccc(NC(=O)C(NC(=O)c2ccccc2Br)C(C)C)cc1. The number of nitrogens with one attached hydrogen (secondary N) is 2. The summed E-state index contributed by atoms with van der Waals surface area (Å²) in [5.74, 6) is 0.0851. The average Bonchev–Trinajstić information content (AvgIpc) is 2.60. The fourth-order valence-corrected chi connectivity index (χ4v) is 2.76. The predicted octanol–water partition coefficient (Wildman–Crippen LogP) is 3.85. The van der Waals surface area contributed by atoms with E-state index >= 15 is 0 Å². The van der Waals surface area contributed by atoms with Crippen molar-refractivity contribution in [2.75, 3.05) is 12.4 Å². The average molecular weight is 405 g/mol. The highest BCUT2D eigenvalue weighted by molar-refractivity contribution is 9.10. The molecule has 2 amide bonds. The highest BCUT2D eigenvalue weighted by Gasteiger charge is 2.25. The van der Waals surface area contributed by atoms with Crippen molar-refractivity contribution in [1.29, 1.82) is 0 Å². The summed E-state index contributed by atoms with van der Waals surface area (Å²) in [6.45, 7) is 3.77. The first-order valence-corrected chi connectivity index (χ1v) is 8.72. The van der Waals surface area contributed by atoms with Crippen molar-refractivity contribution in [3.05, 3.63) is 58.6 Å². The number of ether oxygens (including phenoxy) is 1. The first kappa shape index (κ1) is 19.0. The number of anilines is 1. The van der Waals surface area contributed by atoms with Crippen LogP contribution in [0.1, 0.15) is 24.2 Å². The molecule has 0 saturated heterocycles. The molecule has 0 aliphatic carbocycles. The summed E-state index contributed by atoms with van der Waals surface area (Å²) in [6.07, 6.45) is 0. The van der Waals surface area contributed by atoms with Crippen molar-refractivity contribution in [2.45, 2.75) is 19.9 Å². The first-order valence-electron chi connectivity index (χ1n) is 7.92. The number of carbonyl (C=O) groups is 2. The van der Waals surface area contributed by atoms with Gasteiger partial charge in [-0.25, -0.2) is 0 Å². The monoisotopic (exact) mass is 404 g/mol. The topological polar surface area (TPSA) is 67.4 Å². The molecule has 6 heteroatoms. The number of benzene rings is 2. The number of hydrogen-bond acceptors (Lipinski definition) is 3. The van der Waals surface area contributed by atoms with Crippen LogP contribution in [0.4, 0.5) is 5.69 Å². The second-order valence-electron chi connectivity index (χ2n) is 5.89. The molecule has 5 nitrogen and oxygen atoms in total. The Bertz CT molecular complexity index is 745. The zero-order valence-corrected chi connectivity index (χ0v) is 16.0. The van der Waals surface area contributed by atoms with Crippen LogP contribution in [0.5, 0.6) is 5.75 Å². The Kier molecular flexibility index (Phi) is 6.58. The van der Waals surface area contributed by atoms with E-state index in [1.807, 2.05) is 19.9 Å². The molecule has 1 atom stereocenters. The van der Waals surface area contributed by atoms with Gasteiger partial charge in [-0.3, -0.25) is 9.59 Å². The summed E-state index contributed by atoms with van der Waals surface area (Å²) < 4.78 is 5.78. The van der Waals surface area contributed by atoms with Gasteiger partial charge in [0.1, 0.15) is 11.8 Å². The molecule has 0 heterocycles. The Labute approximate surface area is 155 Å². The Morgan fingerprint density at radius 2 is 1.68 bits per heavy atom. The first-order chi connectivity index (χ1) is 11.9. The Morgan fingerprint density at radius 3 is 2.24 bits per heavy atom. The highest BCUT2D eigenvalue weighted by Crippen LogP contribution is 2.18. The van der Waals surface area contributed by atoms with Crippen LogP contribution in [-0.4, -0.2) is 25.0 Å². The minimum atomic E-state index is -0.651. The molecule has 2 N–H and O–H groups in total. The molecule has 2 aromatic carbocycles. The van der Waals surface area contributed by atoms with Crippen LogP contribution in [0.25, 0.3) is 0 Å². The quantitative estimate of drug-likeness (QED) is 0.767. The summed E-state index contributed by atoms with van der Waals surface area (Å²) in [7, 11) is 1.58. The van der Waals surface area contributed by atoms with E-state index < -0.39 is 6.04 Å². The van der Waals surface area contributed by atoms with Crippen LogP contribution in [0.3, 0.4) is 0 Å². The normalized spacial score (nSPS) is 11.7. The second-order valence-corrected chi connectivity index (χ2v) is 6.75. The van der Waals surface area contributed by atoms with Crippen LogP contribution >= 0.6 is 15.9 Å². The Balaban J connectivity index is 2.10. The maximum atomic E-state index is 12.6. The molecule has 0 radical (unpaired) electrons. The van der Waals surface area contributed by atoms with Gasteiger partial charge in [0.2, 0.25) is 5.91 Å². The molecule has 2 rings (SSSR count). The summed E-state index contributed by atoms with van der Waals surface area (Å²) >= 11 is 3.35. The van der Waals surface area contributed by atoms with Gasteiger partial charge >= 0.3 is 0 Å². The fraction of sp³-hybridized carbons (Fsp3) is 0.263. The molecular formula is C19H21BrN2O3. The molecule has 1 unspecified atom stereocenters. The Hall–Kier alpha value is -2.34. The molecular weight excluding hydrogens is 384 g/mol. The van der Waals surface area contributed by atoms with Crippen molar-refractivity contribution in [1.82, 2.24) is 5.32 Å². The van der Waals surface area contributed by atoms with Gasteiger partial charge in [0, 0.05) is 10.2 Å². The van der Waals surface area contributed by atoms with Crippen molar-refractivity contribution in [2.24, 2.45) is 5.92 Å². The number of amides is 2. The van der Waals surface area contributed by atoms with E-state index in [1.165, 1.54) is 0 Å². The van der Waals surface area contributed by atoms with E-state index in [-0.39, 0.29) is 17.7 Å². The van der Waals surface area contributed by atoms with Gasteiger partial charge in [0.15, 0.2) is 0 Å². The van der Waals surface area contributed by atoms with Crippen LogP contribution in [-0.2, 0) is 4.79 Å². The number of rotatable bonds is 6. The Morgan fingerprint density at radius 1 is 1.04 bits per heavy atom. The number of methoxy groups -OCH3 is 1. The maximum Gasteiger partial charge on any atom is 0.253 e. The van der Waals surface area contributed by atoms with Gasteiger partial charge in [0.05, 0.1) is 12.7 Å². The third kappa shape index (κ3) is 5.06. The van der Waals surface area contributed by atoms with Crippen molar-refractivity contribution >= 4 is 33.4 Å². The summed E-state index contributed by atoms with van der Waals surface area (Å²) in [5.41, 5.74) is 1.14. The lowest BCUT2D eigenvalue weighted by Crippen LogP contribution is -2.47. The van der Waals surface area contributed by atoms with Gasteiger partial charge in [-0.2, -0.15) is 0 Å². The molecule has 0 fully saturated rings. The van der Waals surface area contributed by atoms with E-state index in [9.17, 15) is 9.59 Å². The minimum Gasteiger partial charge on any atom is -0.497 e. The highest BCUT2D eigenvalue weighted by atomic mass is 79.9. The third-order valence-corrected chi connectivity index (χ3v) is 4.40. The zero-order chi connectivity index (χ0) is 18.4. The molecule has 0 aliphatic rings. The number of hydrogen-bond donors (Lipinski definition) is 2. The van der Waals surface area contributed by atoms with Gasteiger partial charge < -0.3 is 15.4 Å². The van der Waals surface area contributed by atoms with Crippen LogP contribution in [0.15, 0.2) is 53.0 Å². The summed E-state index contributed by atoms with van der Waals surface area (Å²) in [5, 5.41) is 5.64. The van der Waals surface area contributed by atoms with Crippen LogP contribution in [0.2, 0.25) is 0 Å². The van der Waals surface area contributed by atoms with Crippen LogP contribution in [0, 0.1) is 5.92 Å². The lowest BCUT2D eigenvalue weighted by atomic mass is 10.0. The van der Waals surface area contributed by atoms with Gasteiger partial charge in [-0.15, -0.1) is 0 Å². The number of carbonyl (C=O) groups excluding carboxylic acids is 2. The van der Waals surface area contributed by atoms with E-state index in [0.29, 0.717) is 21.5 Å².